The van der Waals surface area contributed by atoms with Gasteiger partial charge in [0.25, 0.3) is 5.22 Å². The van der Waals surface area contributed by atoms with Crippen LogP contribution in [0.3, 0.4) is 0 Å². The summed E-state index contributed by atoms with van der Waals surface area (Å²) < 4.78 is 16.1. The van der Waals surface area contributed by atoms with Crippen molar-refractivity contribution >= 4 is 23.7 Å². The molecule has 25 heavy (non-hydrogen) atoms. The summed E-state index contributed by atoms with van der Waals surface area (Å²) in [6.45, 7) is 4.02. The summed E-state index contributed by atoms with van der Waals surface area (Å²) in [4.78, 5) is 23.3. The molecule has 3 rings (SSSR count). The van der Waals surface area contributed by atoms with Gasteiger partial charge in [-0.15, -0.1) is 10.2 Å². The Labute approximate surface area is 147 Å². The van der Waals surface area contributed by atoms with Gasteiger partial charge in [0.2, 0.25) is 18.6 Å². The molecule has 0 saturated heterocycles. The summed E-state index contributed by atoms with van der Waals surface area (Å²) in [7, 11) is 0. The molecule has 9 nitrogen and oxygen atoms in total. The van der Waals surface area contributed by atoms with Crippen LogP contribution in [0, 0.1) is 0 Å². The van der Waals surface area contributed by atoms with Gasteiger partial charge in [0.1, 0.15) is 0 Å². The number of ether oxygens (including phenoxy) is 2. The van der Waals surface area contributed by atoms with Crippen LogP contribution < -0.4 is 20.1 Å². The standard InChI is InChI=1S/C15H16N4O5S/c1-3-16-14(21)17-12(20)8(2)25-15-19-18-13(24-15)9-4-5-10-11(6-9)23-7-22-10/h4-6,8H,3,7H2,1-2H3,(H2,16,17,20,21)/t8-/m1/s1. The quantitative estimate of drug-likeness (QED) is 0.772. The number of benzene rings is 1. The zero-order valence-corrected chi connectivity index (χ0v) is 14.4. The average Bonchev–Trinajstić information content (AvgIpc) is 3.23. The van der Waals surface area contributed by atoms with Crippen LogP contribution in [0.5, 0.6) is 11.5 Å². The maximum absolute atomic E-state index is 11.9. The van der Waals surface area contributed by atoms with E-state index in [9.17, 15) is 9.59 Å². The molecule has 10 heteroatoms. The Morgan fingerprint density at radius 3 is 2.88 bits per heavy atom. The summed E-state index contributed by atoms with van der Waals surface area (Å²) in [5, 5.41) is 12.3. The number of hydrogen-bond donors (Lipinski definition) is 2. The number of thioether (sulfide) groups is 1. The largest absolute Gasteiger partial charge is 0.454 e. The monoisotopic (exact) mass is 364 g/mol. The van der Waals surface area contributed by atoms with E-state index in [0.717, 1.165) is 11.8 Å². The molecule has 0 radical (unpaired) electrons. The Bertz CT molecular complexity index is 794. The predicted octanol–water partition coefficient (Wildman–Crippen LogP) is 1.79. The molecule has 3 amide bonds. The summed E-state index contributed by atoms with van der Waals surface area (Å²) >= 11 is 1.06. The van der Waals surface area contributed by atoms with Crippen molar-refractivity contribution in [2.45, 2.75) is 24.3 Å². The molecule has 2 aromatic rings. The lowest BCUT2D eigenvalue weighted by atomic mass is 10.2. The lowest BCUT2D eigenvalue weighted by molar-refractivity contribution is -0.119. The minimum absolute atomic E-state index is 0.182. The molecule has 0 unspecified atom stereocenters. The molecule has 0 fully saturated rings. The van der Waals surface area contributed by atoms with Crippen molar-refractivity contribution in [3.8, 4) is 23.0 Å². The lowest BCUT2D eigenvalue weighted by Gasteiger charge is -2.08. The number of aromatic nitrogens is 2. The topological polar surface area (TPSA) is 116 Å². The third-order valence-corrected chi connectivity index (χ3v) is 4.18. The molecule has 0 aliphatic carbocycles. The second kappa shape index (κ2) is 7.43. The van der Waals surface area contributed by atoms with Crippen molar-refractivity contribution in [2.75, 3.05) is 13.3 Å². The van der Waals surface area contributed by atoms with Crippen molar-refractivity contribution in [3.05, 3.63) is 18.2 Å². The average molecular weight is 364 g/mol. The highest BCUT2D eigenvalue weighted by atomic mass is 32.2. The number of hydrogen-bond acceptors (Lipinski definition) is 8. The molecule has 2 N–H and O–H groups in total. The molecule has 1 atom stereocenters. The lowest BCUT2D eigenvalue weighted by Crippen LogP contribution is -2.42. The molecule has 1 aromatic heterocycles. The van der Waals surface area contributed by atoms with Crippen LogP contribution in [0.25, 0.3) is 11.5 Å². The van der Waals surface area contributed by atoms with Crippen LogP contribution in [-0.2, 0) is 4.79 Å². The van der Waals surface area contributed by atoms with E-state index < -0.39 is 17.2 Å². The zero-order chi connectivity index (χ0) is 17.8. The first-order valence-corrected chi connectivity index (χ1v) is 8.43. The van der Waals surface area contributed by atoms with Gasteiger partial charge in [-0.2, -0.15) is 0 Å². The molecule has 1 aromatic carbocycles. The number of carbonyl (C=O) groups excluding carboxylic acids is 2. The van der Waals surface area contributed by atoms with Crippen molar-refractivity contribution in [3.63, 3.8) is 0 Å². The summed E-state index contributed by atoms with van der Waals surface area (Å²) in [6, 6.07) is 4.75. The molecular weight excluding hydrogens is 348 g/mol. The number of fused-ring (bicyclic) bond motifs is 1. The minimum atomic E-state index is -0.576. The third kappa shape index (κ3) is 4.02. The van der Waals surface area contributed by atoms with Crippen molar-refractivity contribution < 1.29 is 23.5 Å². The molecule has 132 valence electrons. The molecule has 0 saturated carbocycles. The maximum atomic E-state index is 11.9. The van der Waals surface area contributed by atoms with Gasteiger partial charge in [-0.1, -0.05) is 11.8 Å². The first-order chi connectivity index (χ1) is 12.1. The van der Waals surface area contributed by atoms with E-state index in [4.69, 9.17) is 13.9 Å². The summed E-state index contributed by atoms with van der Waals surface area (Å²) in [5.41, 5.74) is 0.683. The van der Waals surface area contributed by atoms with Crippen molar-refractivity contribution in [1.82, 2.24) is 20.8 Å². The molecular formula is C15H16N4O5S. The molecule has 1 aliphatic heterocycles. The first-order valence-electron chi connectivity index (χ1n) is 7.55. The van der Waals surface area contributed by atoms with Crippen LogP contribution in [0.2, 0.25) is 0 Å². The summed E-state index contributed by atoms with van der Waals surface area (Å²) in [5.74, 6) is 1.13. The number of urea groups is 1. The number of nitrogens with zero attached hydrogens (tertiary/aromatic N) is 2. The van der Waals surface area contributed by atoms with Crippen LogP contribution in [-0.4, -0.2) is 40.7 Å². The van der Waals surface area contributed by atoms with Crippen LogP contribution in [0.1, 0.15) is 13.8 Å². The van der Waals surface area contributed by atoms with Gasteiger partial charge >= 0.3 is 6.03 Å². The number of nitrogens with one attached hydrogen (secondary N) is 2. The normalized spacial score (nSPS) is 13.4. The SMILES string of the molecule is CCNC(=O)NC(=O)[C@@H](C)Sc1nnc(-c2ccc3c(c2)OCO3)o1. The number of imide groups is 1. The van der Waals surface area contributed by atoms with E-state index in [0.29, 0.717) is 29.5 Å². The Morgan fingerprint density at radius 2 is 2.08 bits per heavy atom. The van der Waals surface area contributed by atoms with E-state index in [1.54, 1.807) is 32.0 Å². The highest BCUT2D eigenvalue weighted by Crippen LogP contribution is 2.36. The van der Waals surface area contributed by atoms with Gasteiger partial charge in [0.15, 0.2) is 11.5 Å². The second-order valence-corrected chi connectivity index (χ2v) is 6.34. The molecule has 0 spiro atoms. The number of carbonyl (C=O) groups is 2. The van der Waals surface area contributed by atoms with Crippen molar-refractivity contribution in [2.24, 2.45) is 0 Å². The van der Waals surface area contributed by atoms with E-state index in [-0.39, 0.29) is 12.0 Å². The molecule has 0 bridgehead atoms. The van der Waals surface area contributed by atoms with Gasteiger partial charge in [0.05, 0.1) is 5.25 Å². The fraction of sp³-hybridized carbons (Fsp3) is 0.333. The van der Waals surface area contributed by atoms with Gasteiger partial charge in [0, 0.05) is 12.1 Å². The fourth-order valence-corrected chi connectivity index (χ4v) is 2.71. The maximum Gasteiger partial charge on any atom is 0.321 e. The third-order valence-electron chi connectivity index (χ3n) is 3.25. The summed E-state index contributed by atoms with van der Waals surface area (Å²) in [6.07, 6.45) is 0. The van der Waals surface area contributed by atoms with E-state index in [1.807, 2.05) is 0 Å². The Morgan fingerprint density at radius 1 is 1.28 bits per heavy atom. The Balaban J connectivity index is 1.63. The number of amides is 3. The highest BCUT2D eigenvalue weighted by molar-refractivity contribution is 8.00. The Hall–Kier alpha value is -2.75. The predicted molar refractivity (Wildman–Crippen MR) is 88.4 cm³/mol. The van der Waals surface area contributed by atoms with Crippen LogP contribution in [0.4, 0.5) is 4.79 Å². The Kier molecular flexibility index (Phi) is 5.08. The van der Waals surface area contributed by atoms with E-state index in [1.165, 1.54) is 0 Å². The van der Waals surface area contributed by atoms with Crippen molar-refractivity contribution in [1.29, 1.82) is 0 Å². The van der Waals surface area contributed by atoms with Gasteiger partial charge in [-0.3, -0.25) is 10.1 Å². The molecule has 2 heterocycles. The van der Waals surface area contributed by atoms with Gasteiger partial charge in [-0.25, -0.2) is 4.79 Å². The molecule has 1 aliphatic rings. The smallest absolute Gasteiger partial charge is 0.321 e. The van der Waals surface area contributed by atoms with E-state index >= 15 is 0 Å². The van der Waals surface area contributed by atoms with Gasteiger partial charge < -0.3 is 19.2 Å². The fourth-order valence-electron chi connectivity index (χ4n) is 2.03. The van der Waals surface area contributed by atoms with Crippen LogP contribution in [0.15, 0.2) is 27.8 Å². The first kappa shape index (κ1) is 17.1. The minimum Gasteiger partial charge on any atom is -0.454 e. The highest BCUT2D eigenvalue weighted by Gasteiger charge is 2.21. The zero-order valence-electron chi connectivity index (χ0n) is 13.6. The second-order valence-electron chi connectivity index (χ2n) is 5.05. The van der Waals surface area contributed by atoms with E-state index in [2.05, 4.69) is 20.8 Å². The van der Waals surface area contributed by atoms with Crippen LogP contribution >= 0.6 is 11.8 Å². The number of rotatable bonds is 5. The van der Waals surface area contributed by atoms with Gasteiger partial charge in [-0.05, 0) is 32.0 Å².